The van der Waals surface area contributed by atoms with Gasteiger partial charge < -0.3 is 0 Å². The van der Waals surface area contributed by atoms with Crippen LogP contribution in [-0.2, 0) is 15.9 Å². The molecule has 0 aromatic heterocycles. The Morgan fingerprint density at radius 1 is 1.41 bits per heavy atom. The number of hydrogen-bond donors (Lipinski definition) is 0. The molecule has 0 bridgehead atoms. The Kier molecular flexibility index (Phi) is 3.69. The first-order valence-electron chi connectivity index (χ1n) is 5.29. The van der Waals surface area contributed by atoms with Gasteiger partial charge in [-0.05, 0) is 30.5 Å². The number of sulfonamides is 1. The largest absolute Gasteiger partial charge is 0.243 e. The fourth-order valence-electron chi connectivity index (χ4n) is 1.60. The van der Waals surface area contributed by atoms with E-state index in [1.165, 1.54) is 10.4 Å². The number of halogens is 2. The topological polar surface area (TPSA) is 37.4 Å². The summed E-state index contributed by atoms with van der Waals surface area (Å²) in [6.07, 6.45) is 1.87. The van der Waals surface area contributed by atoms with E-state index in [9.17, 15) is 8.42 Å². The summed E-state index contributed by atoms with van der Waals surface area (Å²) < 4.78 is 25.8. The summed E-state index contributed by atoms with van der Waals surface area (Å²) in [5.74, 6) is 0.275. The predicted octanol–water partition coefficient (Wildman–Crippen LogP) is 2.86. The molecule has 1 aliphatic carbocycles. The highest BCUT2D eigenvalue weighted by Gasteiger charge is 2.35. The second kappa shape index (κ2) is 4.76. The zero-order valence-electron chi connectivity index (χ0n) is 9.36. The first-order valence-corrected chi connectivity index (χ1v) is 7.64. The highest BCUT2D eigenvalue weighted by Crippen LogP contribution is 2.31. The minimum atomic E-state index is -3.42. The molecule has 0 N–H and O–H groups in total. The van der Waals surface area contributed by atoms with Gasteiger partial charge in [-0.3, -0.25) is 0 Å². The summed E-state index contributed by atoms with van der Waals surface area (Å²) in [5, 5.41) is 0.394. The summed E-state index contributed by atoms with van der Waals surface area (Å²) in [6.45, 7) is 0. The molecule has 0 radical (unpaired) electrons. The van der Waals surface area contributed by atoms with Gasteiger partial charge in [0.25, 0.3) is 0 Å². The molecule has 0 atom stereocenters. The van der Waals surface area contributed by atoms with E-state index < -0.39 is 10.0 Å². The van der Waals surface area contributed by atoms with Crippen LogP contribution in [-0.4, -0.2) is 25.8 Å². The summed E-state index contributed by atoms with van der Waals surface area (Å²) >= 11 is 11.6. The molecule has 1 aromatic rings. The molecule has 0 amide bonds. The van der Waals surface area contributed by atoms with Gasteiger partial charge in [-0.1, -0.05) is 17.7 Å². The summed E-state index contributed by atoms with van der Waals surface area (Å²) in [5.41, 5.74) is 0.737. The second-order valence-corrected chi connectivity index (χ2v) is 6.81. The van der Waals surface area contributed by atoms with Gasteiger partial charge >= 0.3 is 0 Å². The third-order valence-corrected chi connectivity index (χ3v) is 5.45. The third kappa shape index (κ3) is 2.60. The highest BCUT2D eigenvalue weighted by molar-refractivity contribution is 7.89. The Morgan fingerprint density at radius 3 is 2.53 bits per heavy atom. The number of alkyl halides is 1. The summed E-state index contributed by atoms with van der Waals surface area (Å²) in [7, 11) is -1.81. The lowest BCUT2D eigenvalue weighted by molar-refractivity contribution is 0.464. The normalized spacial score (nSPS) is 16.5. The SMILES string of the molecule is CN(C1CC1)S(=O)(=O)c1ccc(CCl)c(Cl)c1. The van der Waals surface area contributed by atoms with E-state index in [-0.39, 0.29) is 16.8 Å². The summed E-state index contributed by atoms with van der Waals surface area (Å²) in [4.78, 5) is 0.228. The number of hydrogen-bond acceptors (Lipinski definition) is 2. The summed E-state index contributed by atoms with van der Waals surface area (Å²) in [6, 6.07) is 4.82. The van der Waals surface area contributed by atoms with Gasteiger partial charge in [0.15, 0.2) is 0 Å². The smallest absolute Gasteiger partial charge is 0.207 e. The van der Waals surface area contributed by atoms with Crippen molar-refractivity contribution in [2.45, 2.75) is 29.7 Å². The van der Waals surface area contributed by atoms with E-state index >= 15 is 0 Å². The van der Waals surface area contributed by atoms with Crippen molar-refractivity contribution >= 4 is 33.2 Å². The molecule has 6 heteroatoms. The minimum Gasteiger partial charge on any atom is -0.207 e. The zero-order valence-corrected chi connectivity index (χ0v) is 11.7. The van der Waals surface area contributed by atoms with E-state index in [2.05, 4.69) is 0 Å². The van der Waals surface area contributed by atoms with E-state index in [0.29, 0.717) is 5.02 Å². The number of rotatable bonds is 4. The Hall–Kier alpha value is -0.290. The van der Waals surface area contributed by atoms with Gasteiger partial charge in [0.2, 0.25) is 10.0 Å². The van der Waals surface area contributed by atoms with Crippen molar-refractivity contribution in [3.8, 4) is 0 Å². The Morgan fingerprint density at radius 2 is 2.06 bits per heavy atom. The van der Waals surface area contributed by atoms with Crippen LogP contribution in [0.4, 0.5) is 0 Å². The lowest BCUT2D eigenvalue weighted by Gasteiger charge is -2.16. The molecule has 2 rings (SSSR count). The second-order valence-electron chi connectivity index (χ2n) is 4.14. The minimum absolute atomic E-state index is 0.145. The van der Waals surface area contributed by atoms with E-state index in [1.807, 2.05) is 0 Å². The number of nitrogens with zero attached hydrogens (tertiary/aromatic N) is 1. The fourth-order valence-corrected chi connectivity index (χ4v) is 3.65. The first-order chi connectivity index (χ1) is 7.96. The molecule has 1 aliphatic rings. The van der Waals surface area contributed by atoms with Gasteiger partial charge in [-0.2, -0.15) is 4.31 Å². The molecule has 0 spiro atoms. The van der Waals surface area contributed by atoms with E-state index in [4.69, 9.17) is 23.2 Å². The molecular weight excluding hydrogens is 281 g/mol. The van der Waals surface area contributed by atoms with Crippen LogP contribution in [0.25, 0.3) is 0 Å². The molecule has 1 saturated carbocycles. The van der Waals surface area contributed by atoms with Crippen LogP contribution in [0.15, 0.2) is 23.1 Å². The molecule has 0 saturated heterocycles. The van der Waals surface area contributed by atoms with E-state index in [0.717, 1.165) is 18.4 Å². The maximum Gasteiger partial charge on any atom is 0.243 e. The third-order valence-electron chi connectivity index (χ3n) is 2.91. The van der Waals surface area contributed by atoms with Crippen molar-refractivity contribution in [1.82, 2.24) is 4.31 Å². The Labute approximate surface area is 111 Å². The first kappa shape index (κ1) is 13.1. The molecule has 0 unspecified atom stereocenters. The molecule has 3 nitrogen and oxygen atoms in total. The van der Waals surface area contributed by atoms with Crippen LogP contribution in [0.3, 0.4) is 0 Å². The van der Waals surface area contributed by atoms with Crippen molar-refractivity contribution in [3.05, 3.63) is 28.8 Å². The molecule has 1 aromatic carbocycles. The predicted molar refractivity (Wildman–Crippen MR) is 69.0 cm³/mol. The molecule has 17 heavy (non-hydrogen) atoms. The van der Waals surface area contributed by atoms with Crippen molar-refractivity contribution < 1.29 is 8.42 Å². The fraction of sp³-hybridized carbons (Fsp3) is 0.455. The van der Waals surface area contributed by atoms with Crippen molar-refractivity contribution in [2.75, 3.05) is 7.05 Å². The van der Waals surface area contributed by atoms with Crippen LogP contribution >= 0.6 is 23.2 Å². The maximum absolute atomic E-state index is 12.2. The molecule has 0 aliphatic heterocycles. The van der Waals surface area contributed by atoms with Crippen molar-refractivity contribution in [2.24, 2.45) is 0 Å². The highest BCUT2D eigenvalue weighted by atomic mass is 35.5. The molecular formula is C11H13Cl2NO2S. The Balaban J connectivity index is 2.36. The maximum atomic E-state index is 12.2. The van der Waals surface area contributed by atoms with Gasteiger partial charge in [0.05, 0.1) is 4.90 Å². The standard InChI is InChI=1S/C11H13Cl2NO2S/c1-14(9-3-4-9)17(15,16)10-5-2-8(7-12)11(13)6-10/h2,5-6,9H,3-4,7H2,1H3. The quantitative estimate of drug-likeness (QED) is 0.801. The Bertz CT molecular complexity index is 526. The number of benzene rings is 1. The van der Waals surface area contributed by atoms with Gasteiger partial charge in [-0.15, -0.1) is 11.6 Å². The lowest BCUT2D eigenvalue weighted by Crippen LogP contribution is -2.28. The van der Waals surface area contributed by atoms with Crippen LogP contribution in [0.1, 0.15) is 18.4 Å². The van der Waals surface area contributed by atoms with Gasteiger partial charge in [-0.25, -0.2) is 8.42 Å². The van der Waals surface area contributed by atoms with Crippen LogP contribution < -0.4 is 0 Å². The van der Waals surface area contributed by atoms with Crippen LogP contribution in [0, 0.1) is 0 Å². The van der Waals surface area contributed by atoms with Crippen molar-refractivity contribution in [1.29, 1.82) is 0 Å². The molecule has 1 fully saturated rings. The molecule has 0 heterocycles. The monoisotopic (exact) mass is 293 g/mol. The van der Waals surface area contributed by atoms with Crippen LogP contribution in [0.2, 0.25) is 5.02 Å². The van der Waals surface area contributed by atoms with Gasteiger partial charge in [0, 0.05) is 24.0 Å². The molecule has 94 valence electrons. The average Bonchev–Trinajstić information content (AvgIpc) is 3.11. The lowest BCUT2D eigenvalue weighted by atomic mass is 10.2. The van der Waals surface area contributed by atoms with Crippen molar-refractivity contribution in [3.63, 3.8) is 0 Å². The average molecular weight is 294 g/mol. The zero-order chi connectivity index (χ0) is 12.6. The van der Waals surface area contributed by atoms with Crippen LogP contribution in [0.5, 0.6) is 0 Å². The van der Waals surface area contributed by atoms with Gasteiger partial charge in [0.1, 0.15) is 0 Å². The van der Waals surface area contributed by atoms with E-state index in [1.54, 1.807) is 19.2 Å².